The summed E-state index contributed by atoms with van der Waals surface area (Å²) in [4.78, 5) is 4.57. The molecule has 0 radical (unpaired) electrons. The van der Waals surface area contributed by atoms with Crippen molar-refractivity contribution in [3.8, 4) is 10.6 Å². The van der Waals surface area contributed by atoms with E-state index in [-0.39, 0.29) is 0 Å². The van der Waals surface area contributed by atoms with Gasteiger partial charge in [0.15, 0.2) is 0 Å². The SMILES string of the molecule is c1ccc(-c2nc3oc4ccccc4c3s2)cc1. The first-order valence-electron chi connectivity index (χ1n) is 5.75. The number of para-hydroxylation sites is 1. The highest BCUT2D eigenvalue weighted by atomic mass is 32.1. The van der Waals surface area contributed by atoms with Crippen LogP contribution in [0.5, 0.6) is 0 Å². The molecule has 2 nitrogen and oxygen atoms in total. The van der Waals surface area contributed by atoms with Crippen LogP contribution < -0.4 is 0 Å². The van der Waals surface area contributed by atoms with Crippen LogP contribution in [-0.2, 0) is 0 Å². The van der Waals surface area contributed by atoms with Gasteiger partial charge in [0.1, 0.15) is 15.3 Å². The van der Waals surface area contributed by atoms with E-state index in [9.17, 15) is 0 Å². The molecular weight excluding hydrogens is 242 g/mol. The molecule has 0 aliphatic carbocycles. The molecule has 18 heavy (non-hydrogen) atoms. The Hall–Kier alpha value is -2.13. The topological polar surface area (TPSA) is 26.0 Å². The summed E-state index contributed by atoms with van der Waals surface area (Å²) in [5.74, 6) is 0. The number of fused-ring (bicyclic) bond motifs is 3. The third kappa shape index (κ3) is 1.38. The molecule has 0 N–H and O–H groups in total. The van der Waals surface area contributed by atoms with Crippen LogP contribution >= 0.6 is 11.3 Å². The number of hydrogen-bond acceptors (Lipinski definition) is 3. The van der Waals surface area contributed by atoms with Crippen molar-refractivity contribution in [3.63, 3.8) is 0 Å². The molecule has 86 valence electrons. The van der Waals surface area contributed by atoms with Crippen molar-refractivity contribution in [2.45, 2.75) is 0 Å². The zero-order valence-electron chi connectivity index (χ0n) is 9.46. The molecule has 3 heteroatoms. The third-order valence-electron chi connectivity index (χ3n) is 2.96. The van der Waals surface area contributed by atoms with Crippen molar-refractivity contribution in [1.82, 2.24) is 4.98 Å². The average Bonchev–Trinajstić information content (AvgIpc) is 2.97. The second kappa shape index (κ2) is 3.68. The summed E-state index contributed by atoms with van der Waals surface area (Å²) < 4.78 is 6.88. The summed E-state index contributed by atoms with van der Waals surface area (Å²) in [6.07, 6.45) is 0. The first kappa shape index (κ1) is 9.85. The molecule has 0 aliphatic rings. The number of benzene rings is 2. The summed E-state index contributed by atoms with van der Waals surface area (Å²) in [5.41, 5.74) is 2.78. The smallest absolute Gasteiger partial charge is 0.238 e. The van der Waals surface area contributed by atoms with Gasteiger partial charge in [0, 0.05) is 10.9 Å². The molecule has 0 saturated carbocycles. The first-order chi connectivity index (χ1) is 8.92. The Bertz CT molecular complexity index is 829. The minimum atomic E-state index is 0.736. The van der Waals surface area contributed by atoms with Gasteiger partial charge in [0.2, 0.25) is 5.71 Å². The number of hydrogen-bond donors (Lipinski definition) is 0. The van der Waals surface area contributed by atoms with Crippen LogP contribution in [0.3, 0.4) is 0 Å². The fourth-order valence-electron chi connectivity index (χ4n) is 2.10. The van der Waals surface area contributed by atoms with E-state index in [1.54, 1.807) is 11.3 Å². The van der Waals surface area contributed by atoms with Crippen LogP contribution in [0, 0.1) is 0 Å². The predicted molar refractivity (Wildman–Crippen MR) is 74.8 cm³/mol. The molecule has 4 rings (SSSR count). The average molecular weight is 251 g/mol. The van der Waals surface area contributed by atoms with Gasteiger partial charge in [-0.3, -0.25) is 0 Å². The Balaban J connectivity index is 2.00. The second-order valence-corrected chi connectivity index (χ2v) is 5.12. The summed E-state index contributed by atoms with van der Waals surface area (Å²) in [6.45, 7) is 0. The number of furan rings is 1. The van der Waals surface area contributed by atoms with Gasteiger partial charge in [-0.1, -0.05) is 42.5 Å². The largest absolute Gasteiger partial charge is 0.437 e. The maximum absolute atomic E-state index is 5.75. The van der Waals surface area contributed by atoms with Gasteiger partial charge in [0.05, 0.1) is 0 Å². The standard InChI is InChI=1S/C15H9NOS/c1-2-6-10(7-3-1)15-16-14-13(18-15)11-8-4-5-9-12(11)17-14/h1-9H. The van der Waals surface area contributed by atoms with Crippen molar-refractivity contribution in [3.05, 3.63) is 54.6 Å². The zero-order valence-corrected chi connectivity index (χ0v) is 10.3. The summed E-state index contributed by atoms with van der Waals surface area (Å²) in [6, 6.07) is 18.3. The van der Waals surface area contributed by atoms with Gasteiger partial charge in [-0.15, -0.1) is 11.3 Å². The number of thiazole rings is 1. The Morgan fingerprint density at radius 2 is 1.67 bits per heavy atom. The van der Waals surface area contributed by atoms with E-state index >= 15 is 0 Å². The lowest BCUT2D eigenvalue weighted by Gasteiger charge is -1.93. The molecule has 0 atom stereocenters. The molecule has 0 saturated heterocycles. The van der Waals surface area contributed by atoms with Gasteiger partial charge < -0.3 is 4.42 Å². The van der Waals surface area contributed by atoms with Crippen molar-refractivity contribution in [2.24, 2.45) is 0 Å². The maximum Gasteiger partial charge on any atom is 0.238 e. The van der Waals surface area contributed by atoms with Gasteiger partial charge in [-0.05, 0) is 12.1 Å². The Morgan fingerprint density at radius 1 is 0.889 bits per heavy atom. The highest BCUT2D eigenvalue weighted by Gasteiger charge is 2.13. The maximum atomic E-state index is 5.75. The molecule has 2 aromatic heterocycles. The lowest BCUT2D eigenvalue weighted by atomic mass is 10.2. The van der Waals surface area contributed by atoms with E-state index in [2.05, 4.69) is 23.2 Å². The van der Waals surface area contributed by atoms with Gasteiger partial charge >= 0.3 is 0 Å². The highest BCUT2D eigenvalue weighted by molar-refractivity contribution is 7.22. The molecule has 0 unspecified atom stereocenters. The minimum absolute atomic E-state index is 0.736. The van der Waals surface area contributed by atoms with E-state index < -0.39 is 0 Å². The fraction of sp³-hybridized carbons (Fsp3) is 0. The number of aromatic nitrogens is 1. The Kier molecular flexibility index (Phi) is 2.02. The van der Waals surface area contributed by atoms with Crippen molar-refractivity contribution < 1.29 is 4.42 Å². The van der Waals surface area contributed by atoms with E-state index in [0.717, 1.165) is 32.0 Å². The molecule has 2 aromatic carbocycles. The molecule has 4 aromatic rings. The van der Waals surface area contributed by atoms with Crippen LogP contribution in [0.15, 0.2) is 59.0 Å². The van der Waals surface area contributed by atoms with Crippen LogP contribution in [0.1, 0.15) is 0 Å². The predicted octanol–water partition coefficient (Wildman–Crippen LogP) is 4.71. The molecule has 0 aliphatic heterocycles. The fourth-order valence-corrected chi connectivity index (χ4v) is 3.13. The lowest BCUT2D eigenvalue weighted by molar-refractivity contribution is 0.656. The van der Waals surface area contributed by atoms with E-state index in [0.29, 0.717) is 0 Å². The first-order valence-corrected chi connectivity index (χ1v) is 6.57. The van der Waals surface area contributed by atoms with E-state index in [4.69, 9.17) is 4.42 Å². The summed E-state index contributed by atoms with van der Waals surface area (Å²) in [5, 5.41) is 2.15. The van der Waals surface area contributed by atoms with Crippen LogP contribution in [0.4, 0.5) is 0 Å². The van der Waals surface area contributed by atoms with Crippen molar-refractivity contribution in [2.75, 3.05) is 0 Å². The van der Waals surface area contributed by atoms with Crippen molar-refractivity contribution >= 4 is 32.7 Å². The Labute approximate surface area is 108 Å². The van der Waals surface area contributed by atoms with E-state index in [1.807, 2.05) is 36.4 Å². The van der Waals surface area contributed by atoms with Crippen LogP contribution in [-0.4, -0.2) is 4.98 Å². The Morgan fingerprint density at radius 3 is 2.56 bits per heavy atom. The van der Waals surface area contributed by atoms with Crippen LogP contribution in [0.25, 0.3) is 32.0 Å². The number of rotatable bonds is 1. The molecule has 2 heterocycles. The summed E-state index contributed by atoms with van der Waals surface area (Å²) >= 11 is 1.68. The monoisotopic (exact) mass is 251 g/mol. The van der Waals surface area contributed by atoms with Crippen LogP contribution in [0.2, 0.25) is 0 Å². The molecule has 0 spiro atoms. The van der Waals surface area contributed by atoms with Crippen molar-refractivity contribution in [1.29, 1.82) is 0 Å². The lowest BCUT2D eigenvalue weighted by Crippen LogP contribution is -1.72. The number of nitrogens with zero attached hydrogens (tertiary/aromatic N) is 1. The summed E-state index contributed by atoms with van der Waals surface area (Å²) in [7, 11) is 0. The molecule has 0 bridgehead atoms. The highest BCUT2D eigenvalue weighted by Crippen LogP contribution is 2.36. The second-order valence-electron chi connectivity index (χ2n) is 4.12. The zero-order chi connectivity index (χ0) is 11.9. The van der Waals surface area contributed by atoms with Gasteiger partial charge in [-0.25, -0.2) is 4.98 Å². The van der Waals surface area contributed by atoms with Gasteiger partial charge in [0.25, 0.3) is 0 Å². The quantitative estimate of drug-likeness (QED) is 0.489. The molecular formula is C15H9NOS. The normalized spacial score (nSPS) is 11.3. The molecule has 0 fully saturated rings. The molecule has 0 amide bonds. The van der Waals surface area contributed by atoms with Gasteiger partial charge in [-0.2, -0.15) is 0 Å². The minimum Gasteiger partial charge on any atom is -0.437 e. The van der Waals surface area contributed by atoms with E-state index in [1.165, 1.54) is 0 Å². The third-order valence-corrected chi connectivity index (χ3v) is 4.07.